The fourth-order valence-electron chi connectivity index (χ4n) is 2.10. The maximum absolute atomic E-state index is 13.8. The number of rotatable bonds is 5. The van der Waals surface area contributed by atoms with Crippen LogP contribution in [-0.2, 0) is 13.0 Å². The molecule has 0 aliphatic rings. The number of benzene rings is 1. The normalized spacial score (nSPS) is 12.6. The second-order valence-electron chi connectivity index (χ2n) is 4.50. The van der Waals surface area contributed by atoms with Crippen molar-refractivity contribution in [2.75, 3.05) is 0 Å². The van der Waals surface area contributed by atoms with Gasteiger partial charge in [0.15, 0.2) is 0 Å². The zero-order chi connectivity index (χ0) is 13.8. The first-order valence-electron chi connectivity index (χ1n) is 6.33. The van der Waals surface area contributed by atoms with Crippen molar-refractivity contribution in [1.29, 1.82) is 0 Å². The Morgan fingerprint density at radius 2 is 2.21 bits per heavy atom. The highest BCUT2D eigenvalue weighted by Crippen LogP contribution is 2.22. The Balaban J connectivity index is 2.18. The Morgan fingerprint density at radius 1 is 1.42 bits per heavy atom. The van der Waals surface area contributed by atoms with E-state index in [1.807, 2.05) is 10.7 Å². The van der Waals surface area contributed by atoms with Gasteiger partial charge in [-0.15, -0.1) is 0 Å². The van der Waals surface area contributed by atoms with Crippen LogP contribution in [0.4, 0.5) is 4.39 Å². The molecule has 1 aromatic heterocycles. The number of aromatic nitrogens is 2. The van der Waals surface area contributed by atoms with Gasteiger partial charge < -0.3 is 5.73 Å². The van der Waals surface area contributed by atoms with E-state index in [-0.39, 0.29) is 16.9 Å². The summed E-state index contributed by atoms with van der Waals surface area (Å²) in [7, 11) is 0. The SMILES string of the molecule is CCCn1nccc1C(N)Cc1cccc(Cl)c1F. The minimum atomic E-state index is -0.388. The van der Waals surface area contributed by atoms with Crippen molar-refractivity contribution < 1.29 is 4.39 Å². The van der Waals surface area contributed by atoms with E-state index in [2.05, 4.69) is 12.0 Å². The highest BCUT2D eigenvalue weighted by molar-refractivity contribution is 6.30. The monoisotopic (exact) mass is 281 g/mol. The first kappa shape index (κ1) is 14.0. The smallest absolute Gasteiger partial charge is 0.145 e. The molecule has 1 unspecified atom stereocenters. The van der Waals surface area contributed by atoms with Gasteiger partial charge in [0.2, 0.25) is 0 Å². The molecule has 0 radical (unpaired) electrons. The average Bonchev–Trinajstić information content (AvgIpc) is 2.84. The standard InChI is InChI=1S/C14H17ClFN3/c1-2-8-19-13(6-7-18-19)12(17)9-10-4-3-5-11(15)14(10)16/h3-7,12H,2,8-9,17H2,1H3. The Hall–Kier alpha value is -1.39. The van der Waals surface area contributed by atoms with E-state index >= 15 is 0 Å². The summed E-state index contributed by atoms with van der Waals surface area (Å²) in [6, 6.07) is 6.57. The molecule has 2 rings (SSSR count). The highest BCUT2D eigenvalue weighted by Gasteiger charge is 2.15. The van der Waals surface area contributed by atoms with Crippen LogP contribution in [0.1, 0.15) is 30.6 Å². The van der Waals surface area contributed by atoms with Gasteiger partial charge in [-0.1, -0.05) is 30.7 Å². The molecule has 1 aromatic carbocycles. The van der Waals surface area contributed by atoms with Gasteiger partial charge >= 0.3 is 0 Å². The Bertz CT molecular complexity index is 553. The lowest BCUT2D eigenvalue weighted by Gasteiger charge is -2.14. The summed E-state index contributed by atoms with van der Waals surface area (Å²) in [5.74, 6) is -0.388. The maximum atomic E-state index is 13.8. The number of nitrogens with zero attached hydrogens (tertiary/aromatic N) is 2. The second-order valence-corrected chi connectivity index (χ2v) is 4.91. The lowest BCUT2D eigenvalue weighted by Crippen LogP contribution is -2.19. The summed E-state index contributed by atoms with van der Waals surface area (Å²) in [6.45, 7) is 2.89. The van der Waals surface area contributed by atoms with Crippen molar-refractivity contribution in [3.05, 3.63) is 52.6 Å². The molecule has 3 nitrogen and oxygen atoms in total. The van der Waals surface area contributed by atoms with Crippen LogP contribution in [0.3, 0.4) is 0 Å². The first-order valence-corrected chi connectivity index (χ1v) is 6.71. The molecular formula is C14H17ClFN3. The minimum Gasteiger partial charge on any atom is -0.322 e. The van der Waals surface area contributed by atoms with Crippen molar-refractivity contribution in [1.82, 2.24) is 9.78 Å². The maximum Gasteiger partial charge on any atom is 0.145 e. The van der Waals surface area contributed by atoms with Gasteiger partial charge in [0, 0.05) is 12.7 Å². The molecule has 2 N–H and O–H groups in total. The number of hydrogen-bond donors (Lipinski definition) is 1. The van der Waals surface area contributed by atoms with Gasteiger partial charge in [-0.25, -0.2) is 4.39 Å². The molecule has 0 spiro atoms. The average molecular weight is 282 g/mol. The van der Waals surface area contributed by atoms with Crippen LogP contribution < -0.4 is 5.73 Å². The number of hydrogen-bond acceptors (Lipinski definition) is 2. The van der Waals surface area contributed by atoms with Crippen molar-refractivity contribution in [2.45, 2.75) is 32.4 Å². The van der Waals surface area contributed by atoms with Crippen molar-refractivity contribution in [2.24, 2.45) is 5.73 Å². The number of halogens is 2. The number of nitrogens with two attached hydrogens (primary N) is 1. The van der Waals surface area contributed by atoms with E-state index in [4.69, 9.17) is 17.3 Å². The van der Waals surface area contributed by atoms with Gasteiger partial charge in [-0.3, -0.25) is 4.68 Å². The van der Waals surface area contributed by atoms with Crippen LogP contribution in [0.15, 0.2) is 30.5 Å². The molecule has 0 aliphatic carbocycles. The largest absolute Gasteiger partial charge is 0.322 e. The van der Waals surface area contributed by atoms with Crippen LogP contribution in [0.5, 0.6) is 0 Å². The van der Waals surface area contributed by atoms with E-state index in [1.165, 1.54) is 6.07 Å². The van der Waals surface area contributed by atoms with Gasteiger partial charge in [0.25, 0.3) is 0 Å². The van der Waals surface area contributed by atoms with Gasteiger partial charge in [0.05, 0.1) is 16.8 Å². The zero-order valence-corrected chi connectivity index (χ0v) is 11.6. The molecule has 19 heavy (non-hydrogen) atoms. The molecule has 5 heteroatoms. The van der Waals surface area contributed by atoms with E-state index in [9.17, 15) is 4.39 Å². The van der Waals surface area contributed by atoms with Crippen LogP contribution in [0.2, 0.25) is 5.02 Å². The van der Waals surface area contributed by atoms with Crippen LogP contribution in [0.25, 0.3) is 0 Å². The molecule has 0 saturated heterocycles. The van der Waals surface area contributed by atoms with Crippen molar-refractivity contribution in [3.8, 4) is 0 Å². The fraction of sp³-hybridized carbons (Fsp3) is 0.357. The quantitative estimate of drug-likeness (QED) is 0.913. The molecule has 0 fully saturated rings. The molecule has 2 aromatic rings. The second kappa shape index (κ2) is 6.17. The molecule has 1 atom stereocenters. The summed E-state index contributed by atoms with van der Waals surface area (Å²) >= 11 is 5.77. The van der Waals surface area contributed by atoms with E-state index in [1.54, 1.807) is 18.3 Å². The lowest BCUT2D eigenvalue weighted by molar-refractivity contribution is 0.529. The van der Waals surface area contributed by atoms with E-state index in [0.29, 0.717) is 12.0 Å². The van der Waals surface area contributed by atoms with E-state index < -0.39 is 0 Å². The molecule has 0 saturated carbocycles. The Kier molecular flexibility index (Phi) is 4.56. The fourth-order valence-corrected chi connectivity index (χ4v) is 2.30. The predicted molar refractivity (Wildman–Crippen MR) is 74.6 cm³/mol. The lowest BCUT2D eigenvalue weighted by atomic mass is 10.0. The third-order valence-electron chi connectivity index (χ3n) is 3.04. The summed E-state index contributed by atoms with van der Waals surface area (Å²) in [4.78, 5) is 0. The van der Waals surface area contributed by atoms with E-state index in [0.717, 1.165) is 18.7 Å². The third-order valence-corrected chi connectivity index (χ3v) is 3.33. The predicted octanol–water partition coefficient (Wildman–Crippen LogP) is 3.33. The third kappa shape index (κ3) is 3.14. The Morgan fingerprint density at radius 3 is 2.95 bits per heavy atom. The van der Waals surface area contributed by atoms with Crippen LogP contribution in [0, 0.1) is 5.82 Å². The van der Waals surface area contributed by atoms with Crippen LogP contribution >= 0.6 is 11.6 Å². The molecule has 102 valence electrons. The summed E-state index contributed by atoms with van der Waals surface area (Å²) < 4.78 is 15.7. The molecular weight excluding hydrogens is 265 g/mol. The number of aryl methyl sites for hydroxylation is 1. The van der Waals surface area contributed by atoms with Gasteiger partial charge in [0.1, 0.15) is 5.82 Å². The van der Waals surface area contributed by atoms with Crippen LogP contribution in [-0.4, -0.2) is 9.78 Å². The summed E-state index contributed by atoms with van der Waals surface area (Å²) in [5, 5.41) is 4.36. The zero-order valence-electron chi connectivity index (χ0n) is 10.8. The Labute approximate surface area is 117 Å². The molecule has 0 amide bonds. The molecule has 1 heterocycles. The van der Waals surface area contributed by atoms with Crippen molar-refractivity contribution >= 4 is 11.6 Å². The van der Waals surface area contributed by atoms with Crippen molar-refractivity contribution in [3.63, 3.8) is 0 Å². The highest BCUT2D eigenvalue weighted by atomic mass is 35.5. The summed E-state index contributed by atoms with van der Waals surface area (Å²) in [5.41, 5.74) is 7.60. The first-order chi connectivity index (χ1) is 9.13. The van der Waals surface area contributed by atoms with Gasteiger partial charge in [-0.2, -0.15) is 5.10 Å². The summed E-state index contributed by atoms with van der Waals surface area (Å²) in [6.07, 6.45) is 3.11. The minimum absolute atomic E-state index is 0.131. The molecule has 0 bridgehead atoms. The van der Waals surface area contributed by atoms with Gasteiger partial charge in [-0.05, 0) is 30.5 Å². The molecule has 0 aliphatic heterocycles. The topological polar surface area (TPSA) is 43.8 Å².